The maximum absolute atomic E-state index is 14.0. The highest BCUT2D eigenvalue weighted by Crippen LogP contribution is 2.26. The molecule has 0 aliphatic heterocycles. The number of halogens is 1. The molecule has 4 heteroatoms. The molecule has 0 amide bonds. The largest absolute Gasteiger partial charge is 0.383 e. The van der Waals surface area contributed by atoms with Crippen LogP contribution in [0.2, 0.25) is 0 Å². The standard InChI is InChI=1S/C15H25FN2O/c1-4-14(17)15(18(5-2)10-11-19-3)12-8-6-7-9-13(12)16/h6-9,14-15H,4-5,10-11,17H2,1-3H3. The Kier molecular flexibility index (Phi) is 6.99. The summed E-state index contributed by atoms with van der Waals surface area (Å²) in [6.45, 7) is 6.28. The van der Waals surface area contributed by atoms with E-state index in [1.54, 1.807) is 13.2 Å². The molecule has 108 valence electrons. The summed E-state index contributed by atoms with van der Waals surface area (Å²) in [4.78, 5) is 2.18. The van der Waals surface area contributed by atoms with E-state index in [0.717, 1.165) is 19.5 Å². The Labute approximate surface area is 115 Å². The van der Waals surface area contributed by atoms with Crippen LogP contribution in [0.1, 0.15) is 31.9 Å². The molecule has 1 aromatic rings. The molecule has 0 aliphatic carbocycles. The number of benzene rings is 1. The second kappa shape index (κ2) is 8.25. The molecule has 0 fully saturated rings. The zero-order chi connectivity index (χ0) is 14.3. The number of hydrogen-bond donors (Lipinski definition) is 1. The van der Waals surface area contributed by atoms with Crippen molar-refractivity contribution in [3.8, 4) is 0 Å². The van der Waals surface area contributed by atoms with Crippen molar-refractivity contribution in [3.63, 3.8) is 0 Å². The third-order valence-electron chi connectivity index (χ3n) is 3.48. The Morgan fingerprint density at radius 3 is 2.53 bits per heavy atom. The van der Waals surface area contributed by atoms with Gasteiger partial charge in [-0.1, -0.05) is 32.0 Å². The molecular weight excluding hydrogens is 243 g/mol. The van der Waals surface area contributed by atoms with Gasteiger partial charge < -0.3 is 10.5 Å². The van der Waals surface area contributed by atoms with E-state index in [1.807, 2.05) is 19.1 Å². The topological polar surface area (TPSA) is 38.5 Å². The third-order valence-corrected chi connectivity index (χ3v) is 3.48. The molecule has 19 heavy (non-hydrogen) atoms. The normalized spacial score (nSPS) is 14.6. The minimum atomic E-state index is -0.188. The Bertz CT molecular complexity index is 373. The summed E-state index contributed by atoms with van der Waals surface area (Å²) in [6, 6.07) is 6.69. The van der Waals surface area contributed by atoms with E-state index in [9.17, 15) is 4.39 Å². The number of likely N-dealkylation sites (N-methyl/N-ethyl adjacent to an activating group) is 1. The van der Waals surface area contributed by atoms with E-state index >= 15 is 0 Å². The summed E-state index contributed by atoms with van der Waals surface area (Å²) >= 11 is 0. The summed E-state index contributed by atoms with van der Waals surface area (Å²) in [7, 11) is 1.67. The number of hydrogen-bond acceptors (Lipinski definition) is 3. The van der Waals surface area contributed by atoms with E-state index in [2.05, 4.69) is 11.8 Å². The molecule has 0 aromatic heterocycles. The third kappa shape index (κ3) is 4.27. The number of ether oxygens (including phenoxy) is 1. The van der Waals surface area contributed by atoms with Crippen molar-refractivity contribution in [1.82, 2.24) is 4.90 Å². The number of methoxy groups -OCH3 is 1. The van der Waals surface area contributed by atoms with E-state index < -0.39 is 0 Å². The Hall–Kier alpha value is -0.970. The van der Waals surface area contributed by atoms with Crippen LogP contribution in [-0.2, 0) is 4.74 Å². The van der Waals surface area contributed by atoms with Crippen LogP contribution < -0.4 is 5.73 Å². The van der Waals surface area contributed by atoms with Gasteiger partial charge in [-0.25, -0.2) is 4.39 Å². The lowest BCUT2D eigenvalue weighted by Crippen LogP contribution is -2.42. The molecule has 0 aliphatic rings. The van der Waals surface area contributed by atoms with Crippen molar-refractivity contribution >= 4 is 0 Å². The molecule has 2 unspecified atom stereocenters. The van der Waals surface area contributed by atoms with Crippen LogP contribution in [0.25, 0.3) is 0 Å². The molecular formula is C15H25FN2O. The highest BCUT2D eigenvalue weighted by atomic mass is 19.1. The van der Waals surface area contributed by atoms with Crippen molar-refractivity contribution in [2.45, 2.75) is 32.4 Å². The Morgan fingerprint density at radius 1 is 1.32 bits per heavy atom. The van der Waals surface area contributed by atoms with Gasteiger partial charge >= 0.3 is 0 Å². The quantitative estimate of drug-likeness (QED) is 0.787. The van der Waals surface area contributed by atoms with Crippen molar-refractivity contribution in [2.75, 3.05) is 26.8 Å². The van der Waals surface area contributed by atoms with Gasteiger partial charge in [-0.15, -0.1) is 0 Å². The van der Waals surface area contributed by atoms with E-state index in [0.29, 0.717) is 12.2 Å². The summed E-state index contributed by atoms with van der Waals surface area (Å²) in [5, 5.41) is 0. The average Bonchev–Trinajstić information content (AvgIpc) is 2.44. The minimum absolute atomic E-state index is 0.0892. The molecule has 3 nitrogen and oxygen atoms in total. The van der Waals surface area contributed by atoms with Crippen molar-refractivity contribution in [1.29, 1.82) is 0 Å². The fourth-order valence-corrected chi connectivity index (χ4v) is 2.34. The van der Waals surface area contributed by atoms with Crippen LogP contribution in [0.5, 0.6) is 0 Å². The van der Waals surface area contributed by atoms with E-state index in [-0.39, 0.29) is 17.9 Å². The molecule has 2 N–H and O–H groups in total. The zero-order valence-electron chi connectivity index (χ0n) is 12.1. The van der Waals surface area contributed by atoms with Crippen molar-refractivity contribution in [2.24, 2.45) is 5.73 Å². The first-order valence-corrected chi connectivity index (χ1v) is 6.88. The lowest BCUT2D eigenvalue weighted by atomic mass is 9.95. The fourth-order valence-electron chi connectivity index (χ4n) is 2.34. The van der Waals surface area contributed by atoms with Crippen LogP contribution in [0.15, 0.2) is 24.3 Å². The lowest BCUT2D eigenvalue weighted by Gasteiger charge is -2.35. The van der Waals surface area contributed by atoms with Gasteiger partial charge in [-0.3, -0.25) is 4.90 Å². The monoisotopic (exact) mass is 268 g/mol. The first-order valence-electron chi connectivity index (χ1n) is 6.88. The van der Waals surface area contributed by atoms with Crippen molar-refractivity contribution < 1.29 is 9.13 Å². The van der Waals surface area contributed by atoms with Crippen LogP contribution in [0, 0.1) is 5.82 Å². The first-order chi connectivity index (χ1) is 9.15. The lowest BCUT2D eigenvalue weighted by molar-refractivity contribution is 0.110. The summed E-state index contributed by atoms with van der Waals surface area (Å²) in [5.41, 5.74) is 6.89. The average molecular weight is 268 g/mol. The zero-order valence-corrected chi connectivity index (χ0v) is 12.1. The van der Waals surface area contributed by atoms with Gasteiger partial charge in [0.1, 0.15) is 5.82 Å². The van der Waals surface area contributed by atoms with E-state index in [1.165, 1.54) is 6.07 Å². The predicted molar refractivity (Wildman–Crippen MR) is 76.5 cm³/mol. The van der Waals surface area contributed by atoms with Gasteiger partial charge in [0.25, 0.3) is 0 Å². The second-order valence-corrected chi connectivity index (χ2v) is 4.66. The fraction of sp³-hybridized carbons (Fsp3) is 0.600. The van der Waals surface area contributed by atoms with Gasteiger partial charge in [-0.05, 0) is 19.0 Å². The van der Waals surface area contributed by atoms with Crippen LogP contribution in [0.4, 0.5) is 4.39 Å². The Balaban J connectivity index is 3.03. The van der Waals surface area contributed by atoms with Crippen molar-refractivity contribution in [3.05, 3.63) is 35.6 Å². The molecule has 0 bridgehead atoms. The maximum atomic E-state index is 14.0. The van der Waals surface area contributed by atoms with Gasteiger partial charge in [0.2, 0.25) is 0 Å². The molecule has 0 saturated heterocycles. The van der Waals surface area contributed by atoms with Gasteiger partial charge in [0.15, 0.2) is 0 Å². The van der Waals surface area contributed by atoms with Gasteiger partial charge in [-0.2, -0.15) is 0 Å². The van der Waals surface area contributed by atoms with Crippen LogP contribution in [0.3, 0.4) is 0 Å². The number of rotatable bonds is 8. The summed E-state index contributed by atoms with van der Waals surface area (Å²) < 4.78 is 19.2. The molecule has 1 aromatic carbocycles. The highest BCUT2D eigenvalue weighted by Gasteiger charge is 2.26. The molecule has 2 atom stereocenters. The molecule has 0 spiro atoms. The summed E-state index contributed by atoms with van der Waals surface area (Å²) in [6.07, 6.45) is 0.808. The number of nitrogens with zero attached hydrogens (tertiary/aromatic N) is 1. The predicted octanol–water partition coefficient (Wildman–Crippen LogP) is 2.57. The smallest absolute Gasteiger partial charge is 0.128 e. The molecule has 1 rings (SSSR count). The number of nitrogens with two attached hydrogens (primary N) is 1. The maximum Gasteiger partial charge on any atom is 0.128 e. The molecule has 0 radical (unpaired) electrons. The van der Waals surface area contributed by atoms with Crippen LogP contribution >= 0.6 is 0 Å². The first kappa shape index (κ1) is 16.1. The molecule has 0 saturated carbocycles. The molecule has 0 heterocycles. The Morgan fingerprint density at radius 2 is 2.00 bits per heavy atom. The van der Waals surface area contributed by atoms with Crippen LogP contribution in [-0.4, -0.2) is 37.7 Å². The van der Waals surface area contributed by atoms with Gasteiger partial charge in [0.05, 0.1) is 12.6 Å². The van der Waals surface area contributed by atoms with Gasteiger partial charge in [0, 0.05) is 25.3 Å². The minimum Gasteiger partial charge on any atom is -0.383 e. The summed E-state index contributed by atoms with van der Waals surface area (Å²) in [5.74, 6) is -0.188. The van der Waals surface area contributed by atoms with E-state index in [4.69, 9.17) is 10.5 Å². The second-order valence-electron chi connectivity index (χ2n) is 4.66. The SMILES string of the molecule is CCC(N)C(c1ccccc1F)N(CC)CCOC. The highest BCUT2D eigenvalue weighted by molar-refractivity contribution is 5.23.